The molecule has 5 heterocycles. The highest BCUT2D eigenvalue weighted by atomic mass is 35.5. The lowest BCUT2D eigenvalue weighted by molar-refractivity contribution is 0.568. The van der Waals surface area contributed by atoms with Crippen LogP contribution in [0.4, 0.5) is 5.82 Å². The van der Waals surface area contributed by atoms with Gasteiger partial charge in [-0.3, -0.25) is 9.36 Å². The minimum absolute atomic E-state index is 0.168. The molecule has 36 heavy (non-hydrogen) atoms. The molecule has 0 amide bonds. The number of aromatic nitrogens is 8. The van der Waals surface area contributed by atoms with Crippen LogP contribution in [0.3, 0.4) is 0 Å². The number of nitrogens with zero attached hydrogens (tertiary/aromatic N) is 7. The van der Waals surface area contributed by atoms with Crippen molar-refractivity contribution in [2.75, 3.05) is 12.4 Å². The van der Waals surface area contributed by atoms with Crippen molar-refractivity contribution in [3.05, 3.63) is 87.2 Å². The highest BCUT2D eigenvalue weighted by Gasteiger charge is 2.29. The van der Waals surface area contributed by atoms with Crippen LogP contribution in [0, 0.1) is 0 Å². The average molecular weight is 520 g/mol. The normalized spacial score (nSPS) is 14.7. The van der Waals surface area contributed by atoms with Gasteiger partial charge in [-0.05, 0) is 36.8 Å². The molecule has 10 nitrogen and oxygen atoms in total. The Hall–Kier alpha value is -4.02. The van der Waals surface area contributed by atoms with Gasteiger partial charge < -0.3 is 10.3 Å². The molecule has 6 rings (SSSR count). The standard InChI is InChI=1S/C24H19Cl2N9O/c1-27-21-6-2-13(10-28-21)17-11-29-24(31-17)19-5-7-22-30-16(9-23(36)35(19)22)15-8-14(25)3-4-18(15)34-12-20(26)32-33-34/h2-4,6,8-12,19H,5,7H2,1H3,(H,27,28)(H,29,31)/t19-/m0/s1. The molecule has 0 saturated heterocycles. The van der Waals surface area contributed by atoms with Gasteiger partial charge in [-0.1, -0.05) is 28.4 Å². The maximum Gasteiger partial charge on any atom is 0.254 e. The Morgan fingerprint density at radius 2 is 2.00 bits per heavy atom. The van der Waals surface area contributed by atoms with E-state index in [4.69, 9.17) is 28.2 Å². The number of nitrogens with one attached hydrogen (secondary N) is 2. The van der Waals surface area contributed by atoms with Gasteiger partial charge in [-0.25, -0.2) is 19.6 Å². The first-order chi connectivity index (χ1) is 17.5. The number of halogens is 2. The highest BCUT2D eigenvalue weighted by molar-refractivity contribution is 6.31. The third kappa shape index (κ3) is 3.94. The predicted molar refractivity (Wildman–Crippen MR) is 137 cm³/mol. The van der Waals surface area contributed by atoms with Crippen LogP contribution in [0.15, 0.2) is 59.8 Å². The number of fused-ring (bicyclic) bond motifs is 1. The molecule has 1 atom stereocenters. The first kappa shape index (κ1) is 22.4. The number of rotatable bonds is 5. The summed E-state index contributed by atoms with van der Waals surface area (Å²) in [6.07, 6.45) is 6.46. The zero-order valence-electron chi connectivity index (χ0n) is 19.0. The fourth-order valence-corrected chi connectivity index (χ4v) is 4.77. The van der Waals surface area contributed by atoms with Crippen molar-refractivity contribution in [1.82, 2.24) is 39.5 Å². The molecule has 1 aliphatic heterocycles. The largest absolute Gasteiger partial charge is 0.373 e. The number of anilines is 1. The van der Waals surface area contributed by atoms with E-state index < -0.39 is 0 Å². The number of H-pyrrole nitrogens is 1. The average Bonchev–Trinajstić information content (AvgIpc) is 3.63. The van der Waals surface area contributed by atoms with Gasteiger partial charge in [0.1, 0.15) is 17.5 Å². The van der Waals surface area contributed by atoms with Crippen molar-refractivity contribution in [3.63, 3.8) is 0 Å². The van der Waals surface area contributed by atoms with Crippen LogP contribution in [0.2, 0.25) is 10.2 Å². The number of benzene rings is 1. The van der Waals surface area contributed by atoms with E-state index in [0.717, 1.165) is 17.1 Å². The molecule has 1 aliphatic rings. The van der Waals surface area contributed by atoms with E-state index in [1.807, 2.05) is 19.2 Å². The fraction of sp³-hybridized carbons (Fsp3) is 0.167. The van der Waals surface area contributed by atoms with Gasteiger partial charge in [0.2, 0.25) is 0 Å². The van der Waals surface area contributed by atoms with Crippen molar-refractivity contribution in [2.24, 2.45) is 0 Å². The molecule has 180 valence electrons. The van der Waals surface area contributed by atoms with E-state index in [9.17, 15) is 4.79 Å². The van der Waals surface area contributed by atoms with E-state index in [0.29, 0.717) is 46.5 Å². The Labute approximate surface area is 215 Å². The summed E-state index contributed by atoms with van der Waals surface area (Å²) >= 11 is 12.3. The summed E-state index contributed by atoms with van der Waals surface area (Å²) < 4.78 is 3.23. The lowest BCUT2D eigenvalue weighted by Gasteiger charge is -2.14. The van der Waals surface area contributed by atoms with Crippen LogP contribution >= 0.6 is 23.2 Å². The van der Waals surface area contributed by atoms with E-state index in [1.54, 1.807) is 41.4 Å². The van der Waals surface area contributed by atoms with Gasteiger partial charge in [0.05, 0.1) is 35.5 Å². The van der Waals surface area contributed by atoms with Gasteiger partial charge in [-0.2, -0.15) is 0 Å². The van der Waals surface area contributed by atoms with E-state index in [2.05, 4.69) is 30.6 Å². The van der Waals surface area contributed by atoms with Crippen molar-refractivity contribution >= 4 is 29.0 Å². The van der Waals surface area contributed by atoms with E-state index >= 15 is 0 Å². The quantitative estimate of drug-likeness (QED) is 0.357. The van der Waals surface area contributed by atoms with Crippen LogP contribution in [-0.4, -0.2) is 46.5 Å². The van der Waals surface area contributed by atoms with Crippen LogP contribution in [0.5, 0.6) is 0 Å². The molecule has 4 aromatic heterocycles. The second kappa shape index (κ2) is 8.89. The lowest BCUT2D eigenvalue weighted by atomic mass is 10.1. The maximum atomic E-state index is 13.3. The molecule has 2 N–H and O–H groups in total. The zero-order valence-corrected chi connectivity index (χ0v) is 20.5. The molecule has 0 fully saturated rings. The molecule has 0 saturated carbocycles. The van der Waals surface area contributed by atoms with Crippen LogP contribution < -0.4 is 10.9 Å². The Balaban J connectivity index is 1.37. The summed E-state index contributed by atoms with van der Waals surface area (Å²) in [7, 11) is 1.82. The predicted octanol–water partition coefficient (Wildman–Crippen LogP) is 4.16. The Bertz CT molecular complexity index is 1640. The van der Waals surface area contributed by atoms with Gasteiger partial charge >= 0.3 is 0 Å². The molecule has 0 radical (unpaired) electrons. The number of pyridine rings is 1. The zero-order chi connectivity index (χ0) is 24.8. The van der Waals surface area contributed by atoms with Crippen molar-refractivity contribution in [3.8, 4) is 28.2 Å². The molecule has 0 aliphatic carbocycles. The molecule has 12 heteroatoms. The van der Waals surface area contributed by atoms with E-state index in [1.165, 1.54) is 10.7 Å². The first-order valence-corrected chi connectivity index (χ1v) is 12.0. The van der Waals surface area contributed by atoms with Gasteiger partial charge in [0, 0.05) is 41.9 Å². The van der Waals surface area contributed by atoms with Crippen LogP contribution in [-0.2, 0) is 6.42 Å². The summed E-state index contributed by atoms with van der Waals surface area (Å²) in [6, 6.07) is 10.4. The van der Waals surface area contributed by atoms with Gasteiger partial charge in [0.15, 0.2) is 5.15 Å². The van der Waals surface area contributed by atoms with Gasteiger partial charge in [0.25, 0.3) is 5.56 Å². The summed E-state index contributed by atoms with van der Waals surface area (Å²) in [4.78, 5) is 30.5. The summed E-state index contributed by atoms with van der Waals surface area (Å²) in [5.41, 5.74) is 3.41. The third-order valence-electron chi connectivity index (χ3n) is 6.17. The van der Waals surface area contributed by atoms with Crippen molar-refractivity contribution in [1.29, 1.82) is 0 Å². The monoisotopic (exact) mass is 519 g/mol. The maximum absolute atomic E-state index is 13.3. The smallest absolute Gasteiger partial charge is 0.254 e. The van der Waals surface area contributed by atoms with E-state index in [-0.39, 0.29) is 16.8 Å². The minimum Gasteiger partial charge on any atom is -0.373 e. The Morgan fingerprint density at radius 1 is 1.11 bits per heavy atom. The van der Waals surface area contributed by atoms with Crippen molar-refractivity contribution < 1.29 is 0 Å². The minimum atomic E-state index is -0.236. The second-order valence-electron chi connectivity index (χ2n) is 8.33. The molecule has 0 unspecified atom stereocenters. The molecule has 5 aromatic rings. The third-order valence-corrected chi connectivity index (χ3v) is 6.58. The topological polar surface area (TPSA) is 119 Å². The summed E-state index contributed by atoms with van der Waals surface area (Å²) in [5, 5.41) is 11.7. The number of hydrogen-bond donors (Lipinski definition) is 2. The second-order valence-corrected chi connectivity index (χ2v) is 9.16. The summed E-state index contributed by atoms with van der Waals surface area (Å²) in [5.74, 6) is 2.17. The molecule has 0 spiro atoms. The van der Waals surface area contributed by atoms with Crippen molar-refractivity contribution in [2.45, 2.75) is 18.9 Å². The Morgan fingerprint density at radius 3 is 2.75 bits per heavy atom. The first-order valence-electron chi connectivity index (χ1n) is 11.2. The van der Waals surface area contributed by atoms with Crippen LogP contribution in [0.25, 0.3) is 28.2 Å². The van der Waals surface area contributed by atoms with Crippen LogP contribution in [0.1, 0.15) is 24.1 Å². The number of hydrogen-bond acceptors (Lipinski definition) is 7. The SMILES string of the molecule is CNc1ccc(-c2cnc([C@@H]3CCc4nc(-c5cc(Cl)ccc5-n5cc(Cl)nn5)cc(=O)n43)[nH]2)cn1. The molecular weight excluding hydrogens is 501 g/mol. The summed E-state index contributed by atoms with van der Waals surface area (Å²) in [6.45, 7) is 0. The highest BCUT2D eigenvalue weighted by Crippen LogP contribution is 2.32. The van der Waals surface area contributed by atoms with Gasteiger partial charge in [-0.15, -0.1) is 5.10 Å². The molecular formula is C24H19Cl2N9O. The lowest BCUT2D eigenvalue weighted by Crippen LogP contribution is -2.25. The molecule has 0 bridgehead atoms. The molecule has 1 aromatic carbocycles. The Kier molecular flexibility index (Phi) is 5.54. The fourth-order valence-electron chi connectivity index (χ4n) is 4.47. The number of aryl methyl sites for hydroxylation is 1. The number of imidazole rings is 1. The number of aromatic amines is 1.